The molecule has 1 aromatic rings. The highest BCUT2D eigenvalue weighted by Crippen LogP contribution is 2.15. The largest absolute Gasteiger partial charge is 0.396 e. The maximum Gasteiger partial charge on any atom is 0.141 e. The lowest BCUT2D eigenvalue weighted by molar-refractivity contribution is 0.303. The van der Waals surface area contributed by atoms with E-state index in [1.165, 1.54) is 12.2 Å². The molecule has 0 aromatic heterocycles. The van der Waals surface area contributed by atoms with Crippen molar-refractivity contribution in [3.05, 3.63) is 41.0 Å². The Morgan fingerprint density at radius 3 is 2.67 bits per heavy atom. The van der Waals surface area contributed by atoms with Gasteiger partial charge in [-0.25, -0.2) is 8.78 Å². The van der Waals surface area contributed by atoms with E-state index in [1.807, 2.05) is 0 Å². The topological polar surface area (TPSA) is 44.0 Å². The number of nitriles is 1. The lowest BCUT2D eigenvalue weighted by Gasteiger charge is -1.99. The molecule has 0 saturated heterocycles. The first-order valence-corrected chi connectivity index (χ1v) is 4.35. The predicted molar refractivity (Wildman–Crippen MR) is 51.8 cm³/mol. The molecule has 0 aliphatic heterocycles. The summed E-state index contributed by atoms with van der Waals surface area (Å²) in [6.07, 6.45) is 3.28. The lowest BCUT2D eigenvalue weighted by Crippen LogP contribution is -1.90. The van der Waals surface area contributed by atoms with Crippen molar-refractivity contribution in [2.24, 2.45) is 0 Å². The Balaban J connectivity index is 3.01. The van der Waals surface area contributed by atoms with Crippen LogP contribution in [-0.4, -0.2) is 11.7 Å². The van der Waals surface area contributed by atoms with Crippen LogP contribution in [0.25, 0.3) is 6.08 Å². The summed E-state index contributed by atoms with van der Waals surface area (Å²) in [5.74, 6) is -1.40. The van der Waals surface area contributed by atoms with E-state index in [1.54, 1.807) is 6.07 Å². The minimum Gasteiger partial charge on any atom is -0.396 e. The highest BCUT2D eigenvalue weighted by Gasteiger charge is 2.06. The van der Waals surface area contributed by atoms with Crippen molar-refractivity contribution in [1.29, 1.82) is 5.26 Å². The number of rotatable bonds is 3. The first kappa shape index (κ1) is 11.3. The zero-order valence-electron chi connectivity index (χ0n) is 7.87. The van der Waals surface area contributed by atoms with Gasteiger partial charge in [0, 0.05) is 12.2 Å². The van der Waals surface area contributed by atoms with E-state index in [2.05, 4.69) is 0 Å². The van der Waals surface area contributed by atoms with Crippen molar-refractivity contribution in [1.82, 2.24) is 0 Å². The Hall–Kier alpha value is -1.73. The summed E-state index contributed by atoms with van der Waals surface area (Å²) in [6, 6.07) is 3.37. The number of nitrogens with zero attached hydrogens (tertiary/aromatic N) is 1. The number of hydrogen-bond acceptors (Lipinski definition) is 2. The highest BCUT2D eigenvalue weighted by atomic mass is 19.1. The van der Waals surface area contributed by atoms with Gasteiger partial charge in [0.25, 0.3) is 0 Å². The van der Waals surface area contributed by atoms with Gasteiger partial charge in [-0.15, -0.1) is 0 Å². The summed E-state index contributed by atoms with van der Waals surface area (Å²) in [5.41, 5.74) is -0.244. The van der Waals surface area contributed by atoms with Crippen molar-refractivity contribution in [2.45, 2.75) is 6.42 Å². The second-order valence-electron chi connectivity index (χ2n) is 2.88. The molecule has 0 spiro atoms. The third-order valence-corrected chi connectivity index (χ3v) is 1.80. The van der Waals surface area contributed by atoms with Gasteiger partial charge < -0.3 is 5.11 Å². The van der Waals surface area contributed by atoms with Gasteiger partial charge in [-0.1, -0.05) is 12.2 Å². The number of halogens is 2. The second-order valence-corrected chi connectivity index (χ2v) is 2.88. The number of aliphatic hydroxyl groups is 1. The van der Waals surface area contributed by atoms with Gasteiger partial charge in [-0.3, -0.25) is 0 Å². The van der Waals surface area contributed by atoms with Crippen molar-refractivity contribution >= 4 is 6.08 Å². The molecule has 0 saturated carbocycles. The molecule has 0 atom stereocenters. The third kappa shape index (κ3) is 2.86. The summed E-state index contributed by atoms with van der Waals surface area (Å²) in [7, 11) is 0. The van der Waals surface area contributed by atoms with Crippen molar-refractivity contribution in [3.63, 3.8) is 0 Å². The van der Waals surface area contributed by atoms with Gasteiger partial charge in [0.15, 0.2) is 0 Å². The first-order valence-electron chi connectivity index (χ1n) is 4.35. The quantitative estimate of drug-likeness (QED) is 0.829. The minimum absolute atomic E-state index is 0.0448. The predicted octanol–water partition coefficient (Wildman–Crippen LogP) is 2.23. The Kier molecular flexibility index (Phi) is 3.95. The van der Waals surface area contributed by atoms with Crippen LogP contribution in [-0.2, 0) is 0 Å². The minimum atomic E-state index is -0.748. The van der Waals surface area contributed by atoms with E-state index in [9.17, 15) is 8.78 Å². The molecule has 2 nitrogen and oxygen atoms in total. The smallest absolute Gasteiger partial charge is 0.141 e. The van der Waals surface area contributed by atoms with Gasteiger partial charge in [-0.2, -0.15) is 5.26 Å². The maximum absolute atomic E-state index is 13.2. The summed E-state index contributed by atoms with van der Waals surface area (Å²) in [6.45, 7) is -0.0448. The average Bonchev–Trinajstić information content (AvgIpc) is 2.23. The van der Waals surface area contributed by atoms with Crippen LogP contribution >= 0.6 is 0 Å². The molecule has 15 heavy (non-hydrogen) atoms. The first-order chi connectivity index (χ1) is 7.19. The summed E-state index contributed by atoms with van der Waals surface area (Å²) < 4.78 is 26.3. The van der Waals surface area contributed by atoms with Crippen LogP contribution in [0, 0.1) is 23.0 Å². The maximum atomic E-state index is 13.2. The molecule has 4 heteroatoms. The van der Waals surface area contributed by atoms with Gasteiger partial charge >= 0.3 is 0 Å². The van der Waals surface area contributed by atoms with Crippen LogP contribution in [0.4, 0.5) is 8.78 Å². The highest BCUT2D eigenvalue weighted by molar-refractivity contribution is 5.52. The molecule has 0 fully saturated rings. The summed E-state index contributed by atoms with van der Waals surface area (Å²) in [5, 5.41) is 16.9. The molecule has 0 aliphatic rings. The zero-order valence-corrected chi connectivity index (χ0v) is 7.87. The lowest BCUT2D eigenvalue weighted by atomic mass is 10.1. The second kappa shape index (κ2) is 5.23. The van der Waals surface area contributed by atoms with Crippen LogP contribution in [0.2, 0.25) is 0 Å². The molecule has 1 rings (SSSR count). The van der Waals surface area contributed by atoms with Gasteiger partial charge in [0.1, 0.15) is 17.7 Å². The average molecular weight is 209 g/mol. The fourth-order valence-corrected chi connectivity index (χ4v) is 1.06. The van der Waals surface area contributed by atoms with E-state index in [0.717, 1.165) is 12.1 Å². The van der Waals surface area contributed by atoms with Crippen LogP contribution in [0.5, 0.6) is 0 Å². The number of benzene rings is 1. The molecule has 0 aliphatic carbocycles. The molecule has 0 radical (unpaired) electrons. The van der Waals surface area contributed by atoms with Crippen LogP contribution in [0.3, 0.4) is 0 Å². The Morgan fingerprint density at radius 2 is 2.07 bits per heavy atom. The van der Waals surface area contributed by atoms with Crippen molar-refractivity contribution in [2.75, 3.05) is 6.61 Å². The molecule has 0 bridgehead atoms. The third-order valence-electron chi connectivity index (χ3n) is 1.80. The van der Waals surface area contributed by atoms with Crippen LogP contribution < -0.4 is 0 Å². The number of hydrogen-bond donors (Lipinski definition) is 1. The molecule has 0 amide bonds. The van der Waals surface area contributed by atoms with E-state index < -0.39 is 11.6 Å². The molecule has 78 valence electrons. The monoisotopic (exact) mass is 209 g/mol. The summed E-state index contributed by atoms with van der Waals surface area (Å²) >= 11 is 0. The van der Waals surface area contributed by atoms with E-state index >= 15 is 0 Å². The fourth-order valence-electron chi connectivity index (χ4n) is 1.06. The van der Waals surface area contributed by atoms with Gasteiger partial charge in [-0.05, 0) is 18.6 Å². The normalized spacial score (nSPS) is 10.5. The van der Waals surface area contributed by atoms with Gasteiger partial charge in [0.2, 0.25) is 0 Å². The zero-order chi connectivity index (χ0) is 11.3. The van der Waals surface area contributed by atoms with Gasteiger partial charge in [0.05, 0.1) is 5.56 Å². The van der Waals surface area contributed by atoms with E-state index in [-0.39, 0.29) is 17.7 Å². The Morgan fingerprint density at radius 1 is 1.33 bits per heavy atom. The van der Waals surface area contributed by atoms with Crippen LogP contribution in [0.15, 0.2) is 18.2 Å². The molecule has 0 unspecified atom stereocenters. The Labute approximate surface area is 86.1 Å². The molecule has 1 aromatic carbocycles. The Bertz CT molecular complexity index is 421. The molecular weight excluding hydrogens is 200 g/mol. The standard InChI is InChI=1S/C11H9F2NO/c12-10-6-9(7-14)11(13)5-8(10)3-1-2-4-15/h1,3,5-6,15H,2,4H2. The van der Waals surface area contributed by atoms with Crippen molar-refractivity contribution in [3.8, 4) is 6.07 Å². The fraction of sp³-hybridized carbons (Fsp3) is 0.182. The van der Waals surface area contributed by atoms with E-state index in [4.69, 9.17) is 10.4 Å². The molecule has 1 N–H and O–H groups in total. The van der Waals surface area contributed by atoms with E-state index in [0.29, 0.717) is 6.42 Å². The van der Waals surface area contributed by atoms with Crippen LogP contribution in [0.1, 0.15) is 17.5 Å². The molecular formula is C11H9F2NO. The SMILES string of the molecule is N#Cc1cc(F)c(C=CCCO)cc1F. The summed E-state index contributed by atoms with van der Waals surface area (Å²) in [4.78, 5) is 0. The number of aliphatic hydroxyl groups excluding tert-OH is 1. The molecule has 0 heterocycles. The van der Waals surface area contributed by atoms with Crippen molar-refractivity contribution < 1.29 is 13.9 Å².